The maximum atomic E-state index is 10.3. The van der Waals surface area contributed by atoms with Crippen LogP contribution in [0, 0.1) is 21.4 Å². The third-order valence-electron chi connectivity index (χ3n) is 1.75. The molecule has 0 aliphatic heterocycles. The highest BCUT2D eigenvalue weighted by atomic mass is 16.6. The topological polar surface area (TPSA) is 76.2 Å². The molecule has 5 nitrogen and oxygen atoms in total. The van der Waals surface area contributed by atoms with Crippen molar-refractivity contribution in [2.75, 3.05) is 6.61 Å². The second kappa shape index (κ2) is 5.60. The molecule has 0 saturated carbocycles. The van der Waals surface area contributed by atoms with Crippen molar-refractivity contribution in [1.29, 1.82) is 5.26 Å². The smallest absolute Gasteiger partial charge is 0.269 e. The number of non-ortho nitro benzene ring substituents is 1. The van der Waals surface area contributed by atoms with Crippen molar-refractivity contribution in [2.45, 2.75) is 12.8 Å². The van der Waals surface area contributed by atoms with Gasteiger partial charge in [0.05, 0.1) is 17.6 Å². The summed E-state index contributed by atoms with van der Waals surface area (Å²) >= 11 is 0. The molecule has 0 aromatic heterocycles. The average molecular weight is 206 g/mol. The third kappa shape index (κ3) is 3.65. The van der Waals surface area contributed by atoms with Gasteiger partial charge in [0, 0.05) is 18.6 Å². The standard InChI is InChI=1S/C10H10N2O3/c11-7-1-2-8-15-10-5-3-9(4-6-10)12(13)14/h3-6H,1-2,8H2. The number of hydrogen-bond acceptors (Lipinski definition) is 4. The molecule has 0 spiro atoms. The summed E-state index contributed by atoms with van der Waals surface area (Å²) in [6.45, 7) is 0.450. The Bertz CT molecular complexity index is 367. The number of unbranched alkanes of at least 4 members (excludes halogenated alkanes) is 1. The Kier molecular flexibility index (Phi) is 4.10. The molecule has 0 unspecified atom stereocenters. The van der Waals surface area contributed by atoms with Crippen LogP contribution in [0.1, 0.15) is 12.8 Å². The number of nitrogens with zero attached hydrogens (tertiary/aromatic N) is 2. The lowest BCUT2D eigenvalue weighted by Gasteiger charge is -2.03. The summed E-state index contributed by atoms with van der Waals surface area (Å²) in [6, 6.07) is 7.88. The van der Waals surface area contributed by atoms with Gasteiger partial charge in [-0.05, 0) is 18.6 Å². The molecule has 0 aliphatic carbocycles. The normalized spacial score (nSPS) is 9.27. The van der Waals surface area contributed by atoms with E-state index in [2.05, 4.69) is 0 Å². The van der Waals surface area contributed by atoms with E-state index >= 15 is 0 Å². The number of nitriles is 1. The van der Waals surface area contributed by atoms with E-state index in [1.165, 1.54) is 12.1 Å². The Morgan fingerprint density at radius 2 is 2.07 bits per heavy atom. The van der Waals surface area contributed by atoms with Crippen molar-refractivity contribution in [1.82, 2.24) is 0 Å². The Labute approximate surface area is 87.1 Å². The molecule has 0 bridgehead atoms. The SMILES string of the molecule is N#CCCCOc1ccc([N+](=O)[O-])cc1. The first kappa shape index (κ1) is 11.0. The lowest BCUT2D eigenvalue weighted by molar-refractivity contribution is -0.384. The first-order chi connectivity index (χ1) is 7.24. The Hall–Kier alpha value is -2.09. The van der Waals surface area contributed by atoms with Gasteiger partial charge in [-0.1, -0.05) is 0 Å². The van der Waals surface area contributed by atoms with Crippen LogP contribution in [0.5, 0.6) is 5.75 Å². The van der Waals surface area contributed by atoms with Crippen LogP contribution in [0.15, 0.2) is 24.3 Å². The first-order valence-corrected chi connectivity index (χ1v) is 4.48. The number of nitro groups is 1. The van der Waals surface area contributed by atoms with Gasteiger partial charge in [0.15, 0.2) is 0 Å². The summed E-state index contributed by atoms with van der Waals surface area (Å²) in [7, 11) is 0. The molecule has 0 heterocycles. The summed E-state index contributed by atoms with van der Waals surface area (Å²) in [6.07, 6.45) is 1.11. The molecule has 0 saturated heterocycles. The molecule has 0 N–H and O–H groups in total. The van der Waals surface area contributed by atoms with Gasteiger partial charge in [-0.25, -0.2) is 0 Å². The number of ether oxygens (including phenoxy) is 1. The van der Waals surface area contributed by atoms with Gasteiger partial charge in [-0.15, -0.1) is 0 Å². The highest BCUT2D eigenvalue weighted by Gasteiger charge is 2.03. The zero-order valence-corrected chi connectivity index (χ0v) is 8.05. The summed E-state index contributed by atoms with van der Waals surface area (Å²) < 4.78 is 5.27. The highest BCUT2D eigenvalue weighted by molar-refractivity contribution is 5.35. The first-order valence-electron chi connectivity index (χ1n) is 4.48. The van der Waals surface area contributed by atoms with Gasteiger partial charge in [-0.2, -0.15) is 5.26 Å². The van der Waals surface area contributed by atoms with E-state index < -0.39 is 4.92 Å². The second-order valence-electron chi connectivity index (χ2n) is 2.86. The van der Waals surface area contributed by atoms with Crippen LogP contribution in [0.3, 0.4) is 0 Å². The van der Waals surface area contributed by atoms with Crippen LogP contribution in [0.25, 0.3) is 0 Å². The molecular formula is C10H10N2O3. The van der Waals surface area contributed by atoms with Gasteiger partial charge >= 0.3 is 0 Å². The van der Waals surface area contributed by atoms with Crippen molar-refractivity contribution in [3.8, 4) is 11.8 Å². The predicted octanol–water partition coefficient (Wildman–Crippen LogP) is 2.28. The summed E-state index contributed by atoms with van der Waals surface area (Å²) in [5.41, 5.74) is 0.0411. The van der Waals surface area contributed by atoms with E-state index in [0.717, 1.165) is 0 Å². The van der Waals surface area contributed by atoms with Crippen molar-refractivity contribution in [2.24, 2.45) is 0 Å². The summed E-state index contributed by atoms with van der Waals surface area (Å²) in [4.78, 5) is 9.88. The van der Waals surface area contributed by atoms with Crippen LogP contribution < -0.4 is 4.74 Å². The molecule has 0 aliphatic rings. The van der Waals surface area contributed by atoms with E-state index in [1.54, 1.807) is 12.1 Å². The molecule has 1 rings (SSSR count). The Balaban J connectivity index is 2.43. The van der Waals surface area contributed by atoms with Gasteiger partial charge in [0.1, 0.15) is 5.75 Å². The molecule has 5 heteroatoms. The Morgan fingerprint density at radius 3 is 2.60 bits per heavy atom. The van der Waals surface area contributed by atoms with Gasteiger partial charge < -0.3 is 4.74 Å². The van der Waals surface area contributed by atoms with Gasteiger partial charge in [-0.3, -0.25) is 10.1 Å². The summed E-state index contributed by atoms with van der Waals surface area (Å²) in [5, 5.41) is 18.6. The zero-order chi connectivity index (χ0) is 11.1. The number of benzene rings is 1. The molecular weight excluding hydrogens is 196 g/mol. The van der Waals surface area contributed by atoms with Crippen molar-refractivity contribution >= 4 is 5.69 Å². The molecule has 0 amide bonds. The van der Waals surface area contributed by atoms with Gasteiger partial charge in [0.25, 0.3) is 5.69 Å². The molecule has 1 aromatic rings. The minimum Gasteiger partial charge on any atom is -0.494 e. The van der Waals surface area contributed by atoms with E-state index in [4.69, 9.17) is 10.00 Å². The van der Waals surface area contributed by atoms with Gasteiger partial charge in [0.2, 0.25) is 0 Å². The van der Waals surface area contributed by atoms with Crippen LogP contribution >= 0.6 is 0 Å². The lowest BCUT2D eigenvalue weighted by Crippen LogP contribution is -1.96. The average Bonchev–Trinajstić information content (AvgIpc) is 2.25. The molecule has 1 aromatic carbocycles. The van der Waals surface area contributed by atoms with Crippen molar-refractivity contribution in [3.63, 3.8) is 0 Å². The fraction of sp³-hybridized carbons (Fsp3) is 0.300. The lowest BCUT2D eigenvalue weighted by atomic mass is 10.3. The van der Waals surface area contributed by atoms with E-state index in [1.807, 2.05) is 6.07 Å². The molecule has 15 heavy (non-hydrogen) atoms. The van der Waals surface area contributed by atoms with Crippen LogP contribution in [-0.4, -0.2) is 11.5 Å². The second-order valence-corrected chi connectivity index (χ2v) is 2.86. The van der Waals surface area contributed by atoms with E-state index in [-0.39, 0.29) is 5.69 Å². The van der Waals surface area contributed by atoms with Crippen LogP contribution in [0.2, 0.25) is 0 Å². The van der Waals surface area contributed by atoms with E-state index in [9.17, 15) is 10.1 Å². The number of hydrogen-bond donors (Lipinski definition) is 0. The van der Waals surface area contributed by atoms with Crippen molar-refractivity contribution < 1.29 is 9.66 Å². The van der Waals surface area contributed by atoms with E-state index in [0.29, 0.717) is 25.2 Å². The zero-order valence-electron chi connectivity index (χ0n) is 8.05. The van der Waals surface area contributed by atoms with Crippen LogP contribution in [-0.2, 0) is 0 Å². The molecule has 0 fully saturated rings. The monoisotopic (exact) mass is 206 g/mol. The molecule has 0 radical (unpaired) electrons. The fourth-order valence-electron chi connectivity index (χ4n) is 1.01. The maximum Gasteiger partial charge on any atom is 0.269 e. The minimum absolute atomic E-state index is 0.0411. The number of rotatable bonds is 5. The maximum absolute atomic E-state index is 10.3. The third-order valence-corrected chi connectivity index (χ3v) is 1.75. The number of nitro benzene ring substituents is 1. The highest BCUT2D eigenvalue weighted by Crippen LogP contribution is 2.17. The van der Waals surface area contributed by atoms with Crippen LogP contribution in [0.4, 0.5) is 5.69 Å². The van der Waals surface area contributed by atoms with Crippen molar-refractivity contribution in [3.05, 3.63) is 34.4 Å². The minimum atomic E-state index is -0.459. The Morgan fingerprint density at radius 1 is 1.40 bits per heavy atom. The fourth-order valence-corrected chi connectivity index (χ4v) is 1.01. The predicted molar refractivity (Wildman–Crippen MR) is 53.4 cm³/mol. The summed E-state index contributed by atoms with van der Waals surface area (Å²) in [5.74, 6) is 0.582. The quantitative estimate of drug-likeness (QED) is 0.420. The largest absolute Gasteiger partial charge is 0.494 e. The molecule has 78 valence electrons. The molecule has 0 atom stereocenters.